The zero-order valence-electron chi connectivity index (χ0n) is 19.2. The molecule has 3 rings (SSSR count). The maximum atomic E-state index is 12.6. The predicted molar refractivity (Wildman–Crippen MR) is 139 cm³/mol. The lowest BCUT2D eigenvalue weighted by Gasteiger charge is -2.34. The van der Waals surface area contributed by atoms with E-state index in [1.54, 1.807) is 0 Å². The third-order valence-corrected chi connectivity index (χ3v) is 6.50. The first-order valence-electron chi connectivity index (χ1n) is 11.5. The highest BCUT2D eigenvalue weighted by atomic mass is 35.5. The minimum absolute atomic E-state index is 0.114. The van der Waals surface area contributed by atoms with E-state index in [0.29, 0.717) is 24.7 Å². The van der Waals surface area contributed by atoms with Crippen molar-refractivity contribution in [3.05, 3.63) is 60.0 Å². The number of para-hydroxylation sites is 1. The quantitative estimate of drug-likeness (QED) is 0.256. The maximum absolute atomic E-state index is 12.6. The van der Waals surface area contributed by atoms with Gasteiger partial charge in [-0.25, -0.2) is 0 Å². The van der Waals surface area contributed by atoms with Gasteiger partial charge in [0.2, 0.25) is 5.91 Å². The second-order valence-corrected chi connectivity index (χ2v) is 9.33. The van der Waals surface area contributed by atoms with Crippen molar-refractivity contribution >= 4 is 40.0 Å². The predicted octanol–water partition coefficient (Wildman–Crippen LogP) is 3.18. The first kappa shape index (κ1) is 25.6. The number of carbonyl (C=O) groups excluding carboxylic acids is 1. The van der Waals surface area contributed by atoms with Crippen molar-refractivity contribution in [2.45, 2.75) is 37.3 Å². The molecule has 2 unspecified atom stereocenters. The summed E-state index contributed by atoms with van der Waals surface area (Å²) < 4.78 is 2.07. The van der Waals surface area contributed by atoms with E-state index >= 15 is 0 Å². The van der Waals surface area contributed by atoms with Crippen LogP contribution in [0.3, 0.4) is 0 Å². The van der Waals surface area contributed by atoms with E-state index in [1.165, 1.54) is 0 Å². The Balaban J connectivity index is 1.48. The molecule has 0 bridgehead atoms. The Bertz CT molecular complexity index is 986. The van der Waals surface area contributed by atoms with E-state index in [-0.39, 0.29) is 11.4 Å². The Labute approximate surface area is 206 Å². The Hall–Kier alpha value is -1.99. The number of alkyl halides is 2. The molecular formula is C25H35Cl2N5O. The van der Waals surface area contributed by atoms with Gasteiger partial charge in [-0.3, -0.25) is 4.79 Å². The van der Waals surface area contributed by atoms with E-state index in [4.69, 9.17) is 28.9 Å². The van der Waals surface area contributed by atoms with Gasteiger partial charge in [0.1, 0.15) is 0 Å². The number of nitrogens with two attached hydrogens (primary N) is 1. The van der Waals surface area contributed by atoms with Gasteiger partial charge in [-0.2, -0.15) is 0 Å². The van der Waals surface area contributed by atoms with Gasteiger partial charge in [-0.1, -0.05) is 30.4 Å². The summed E-state index contributed by atoms with van der Waals surface area (Å²) >= 11 is 11.7. The monoisotopic (exact) mass is 491 g/mol. The van der Waals surface area contributed by atoms with Crippen LogP contribution in [0.25, 0.3) is 10.9 Å². The van der Waals surface area contributed by atoms with Crippen LogP contribution in [0.5, 0.6) is 0 Å². The van der Waals surface area contributed by atoms with Crippen molar-refractivity contribution in [3.63, 3.8) is 0 Å². The van der Waals surface area contributed by atoms with Crippen LogP contribution in [0.1, 0.15) is 24.8 Å². The molecule has 180 valence electrons. The molecule has 5 N–H and O–H groups in total. The van der Waals surface area contributed by atoms with Crippen LogP contribution < -0.4 is 21.7 Å². The number of aryl methyl sites for hydroxylation is 1. The summed E-state index contributed by atoms with van der Waals surface area (Å²) in [5.74, 6) is 1.01. The van der Waals surface area contributed by atoms with Gasteiger partial charge in [0, 0.05) is 66.8 Å². The van der Waals surface area contributed by atoms with Crippen molar-refractivity contribution in [2.75, 3.05) is 31.4 Å². The second-order valence-electron chi connectivity index (χ2n) is 8.57. The maximum Gasteiger partial charge on any atom is 0.237 e. The number of nitrogens with one attached hydrogen (secondary N) is 3. The summed E-state index contributed by atoms with van der Waals surface area (Å²) in [7, 11) is 2.01. The number of benzene rings is 1. The van der Waals surface area contributed by atoms with Gasteiger partial charge < -0.3 is 26.3 Å². The lowest BCUT2D eigenvalue weighted by atomic mass is 9.85. The van der Waals surface area contributed by atoms with Crippen LogP contribution in [0.2, 0.25) is 0 Å². The number of aromatic nitrogens is 1. The molecule has 0 spiro atoms. The molecule has 1 amide bonds. The lowest BCUT2D eigenvalue weighted by Crippen LogP contribution is -2.46. The number of halogens is 2. The summed E-state index contributed by atoms with van der Waals surface area (Å²) in [4.78, 5) is 12.6. The van der Waals surface area contributed by atoms with E-state index in [2.05, 4.69) is 57.1 Å². The largest absolute Gasteiger partial charge is 0.384 e. The summed E-state index contributed by atoms with van der Waals surface area (Å²) in [6, 6.07) is 7.60. The number of allylic oxidation sites excluding steroid dienone is 1. The van der Waals surface area contributed by atoms with Gasteiger partial charge in [0.15, 0.2) is 0 Å². The molecule has 8 heteroatoms. The molecular weight excluding hydrogens is 457 g/mol. The number of amides is 1. The summed E-state index contributed by atoms with van der Waals surface area (Å²) in [6.07, 6.45) is 11.6. The molecule has 2 aromatic rings. The van der Waals surface area contributed by atoms with Gasteiger partial charge in [0.05, 0.1) is 6.04 Å². The Morgan fingerprint density at radius 3 is 2.73 bits per heavy atom. The average molecular weight is 492 g/mol. The van der Waals surface area contributed by atoms with Crippen molar-refractivity contribution in [2.24, 2.45) is 12.8 Å². The average Bonchev–Trinajstić information content (AvgIpc) is 3.15. The van der Waals surface area contributed by atoms with Crippen molar-refractivity contribution in [3.8, 4) is 0 Å². The van der Waals surface area contributed by atoms with Crippen LogP contribution in [-0.4, -0.2) is 53.4 Å². The fourth-order valence-corrected chi connectivity index (χ4v) is 4.55. The zero-order chi connectivity index (χ0) is 23.7. The Kier molecular flexibility index (Phi) is 9.68. The number of carbonyl (C=O) groups is 1. The number of fused-ring (bicyclic) bond motifs is 1. The highest BCUT2D eigenvalue weighted by molar-refractivity contribution is 6.18. The standard InChI is InChI=1S/C25H35Cl2N5O/c1-32-18-19(21-5-2-3-6-23(21)32)17-22(28)24(33)30-14-4-9-25(31-16-13-27)10-7-20(8-11-25)29-15-12-26/h2-3,5-8,10,18,22,29,31H,4,9,11-17,28H2,1H3,(H,30,33). The van der Waals surface area contributed by atoms with Crippen molar-refractivity contribution in [1.29, 1.82) is 0 Å². The van der Waals surface area contributed by atoms with E-state index in [1.807, 2.05) is 19.2 Å². The van der Waals surface area contributed by atoms with Gasteiger partial charge in [-0.15, -0.1) is 23.2 Å². The van der Waals surface area contributed by atoms with Crippen LogP contribution in [0.15, 0.2) is 54.4 Å². The highest BCUT2D eigenvalue weighted by Crippen LogP contribution is 2.25. The number of hydrogen-bond donors (Lipinski definition) is 4. The van der Waals surface area contributed by atoms with E-state index in [9.17, 15) is 4.79 Å². The minimum atomic E-state index is -0.577. The normalized spacial score (nSPS) is 18.8. The molecule has 2 atom stereocenters. The molecule has 1 aliphatic carbocycles. The van der Waals surface area contributed by atoms with Gasteiger partial charge >= 0.3 is 0 Å². The molecule has 6 nitrogen and oxygen atoms in total. The first-order chi connectivity index (χ1) is 16.0. The topological polar surface area (TPSA) is 84.1 Å². The summed E-state index contributed by atoms with van der Waals surface area (Å²) in [5, 5.41) is 11.0. The number of hydrogen-bond acceptors (Lipinski definition) is 4. The third kappa shape index (κ3) is 7.00. The van der Waals surface area contributed by atoms with Crippen molar-refractivity contribution < 1.29 is 4.79 Å². The smallest absolute Gasteiger partial charge is 0.237 e. The molecule has 33 heavy (non-hydrogen) atoms. The van der Waals surface area contributed by atoms with Crippen LogP contribution in [0, 0.1) is 0 Å². The lowest BCUT2D eigenvalue weighted by molar-refractivity contribution is -0.122. The van der Waals surface area contributed by atoms with Crippen LogP contribution in [0.4, 0.5) is 0 Å². The second kappa shape index (κ2) is 12.5. The SMILES string of the molecule is Cn1cc(CC(N)C(=O)NCCCC2(NCCCl)C=CC(NCCCl)=CC2)c2ccccc21. The van der Waals surface area contributed by atoms with Gasteiger partial charge in [0.25, 0.3) is 0 Å². The zero-order valence-corrected chi connectivity index (χ0v) is 20.8. The molecule has 0 saturated carbocycles. The molecule has 1 aliphatic rings. The third-order valence-electron chi connectivity index (χ3n) is 6.12. The molecule has 1 heterocycles. The Morgan fingerprint density at radius 2 is 2.00 bits per heavy atom. The minimum Gasteiger partial charge on any atom is -0.384 e. The molecule has 1 aromatic heterocycles. The van der Waals surface area contributed by atoms with Crippen molar-refractivity contribution in [1.82, 2.24) is 20.5 Å². The van der Waals surface area contributed by atoms with Gasteiger partial charge in [-0.05, 0) is 43.4 Å². The molecule has 0 saturated heterocycles. The van der Waals surface area contributed by atoms with Crippen LogP contribution in [-0.2, 0) is 18.3 Å². The fraction of sp³-hybridized carbons (Fsp3) is 0.480. The first-order valence-corrected chi connectivity index (χ1v) is 12.6. The molecule has 1 aromatic carbocycles. The number of nitrogens with zero attached hydrogens (tertiary/aromatic N) is 1. The van der Waals surface area contributed by atoms with E-state index < -0.39 is 6.04 Å². The molecule has 0 radical (unpaired) electrons. The molecule has 0 fully saturated rings. The molecule has 0 aliphatic heterocycles. The van der Waals surface area contributed by atoms with Crippen LogP contribution >= 0.6 is 23.2 Å². The highest BCUT2D eigenvalue weighted by Gasteiger charge is 2.27. The number of rotatable bonds is 13. The summed E-state index contributed by atoms with van der Waals surface area (Å²) in [6.45, 7) is 2.05. The van der Waals surface area contributed by atoms with E-state index in [0.717, 1.165) is 54.5 Å². The summed E-state index contributed by atoms with van der Waals surface area (Å²) in [5.41, 5.74) is 9.41. The Morgan fingerprint density at radius 1 is 1.21 bits per heavy atom. The fourth-order valence-electron chi connectivity index (χ4n) is 4.37.